The van der Waals surface area contributed by atoms with Crippen molar-refractivity contribution in [3.63, 3.8) is 0 Å². The molecule has 1 N–H and O–H groups in total. The van der Waals surface area contributed by atoms with Gasteiger partial charge in [-0.15, -0.1) is 23.1 Å². The first-order valence-electron chi connectivity index (χ1n) is 7.79. The van der Waals surface area contributed by atoms with E-state index in [0.717, 1.165) is 26.2 Å². The molecule has 3 nitrogen and oxygen atoms in total. The Morgan fingerprint density at radius 2 is 1.84 bits per heavy atom. The lowest BCUT2D eigenvalue weighted by molar-refractivity contribution is -0.115. The molecule has 0 fully saturated rings. The van der Waals surface area contributed by atoms with Gasteiger partial charge < -0.3 is 5.32 Å². The van der Waals surface area contributed by atoms with Crippen LogP contribution in [-0.2, 0) is 4.79 Å². The van der Waals surface area contributed by atoms with Crippen LogP contribution in [0.2, 0.25) is 0 Å². The first-order chi connectivity index (χ1) is 12.2. The number of amides is 1. The number of thiazole rings is 1. The van der Waals surface area contributed by atoms with E-state index >= 15 is 0 Å². The van der Waals surface area contributed by atoms with Gasteiger partial charge in [0.05, 0.1) is 16.6 Å². The van der Waals surface area contributed by atoms with E-state index in [9.17, 15) is 4.79 Å². The highest BCUT2D eigenvalue weighted by molar-refractivity contribution is 8.02. The van der Waals surface area contributed by atoms with Gasteiger partial charge in [-0.1, -0.05) is 54.2 Å². The molecule has 25 heavy (non-hydrogen) atoms. The minimum Gasteiger partial charge on any atom is -0.324 e. The highest BCUT2D eigenvalue weighted by Gasteiger charge is 2.18. The molecule has 1 aromatic heterocycles. The number of nitrogens with one attached hydrogen (secondary N) is 1. The minimum atomic E-state index is -0.218. The molecule has 0 aliphatic heterocycles. The molecule has 128 valence electrons. The zero-order chi connectivity index (χ0) is 17.6. The second-order valence-electron chi connectivity index (χ2n) is 5.31. The van der Waals surface area contributed by atoms with Gasteiger partial charge in [-0.05, 0) is 25.3 Å². The molecule has 0 aliphatic rings. The molecule has 0 radical (unpaired) electrons. The van der Waals surface area contributed by atoms with Crippen LogP contribution < -0.4 is 5.32 Å². The van der Waals surface area contributed by atoms with E-state index in [1.807, 2.05) is 73.2 Å². The third-order valence-electron chi connectivity index (χ3n) is 3.56. The molecule has 3 rings (SSSR count). The summed E-state index contributed by atoms with van der Waals surface area (Å²) >= 11 is 4.68. The van der Waals surface area contributed by atoms with Crippen molar-refractivity contribution in [3.8, 4) is 11.3 Å². The van der Waals surface area contributed by atoms with Crippen LogP contribution in [0, 0.1) is 0 Å². The molecule has 1 heterocycles. The molecule has 1 amide bonds. The van der Waals surface area contributed by atoms with Crippen molar-refractivity contribution in [1.29, 1.82) is 0 Å². The summed E-state index contributed by atoms with van der Waals surface area (Å²) in [5.41, 5.74) is 2.90. The average Bonchev–Trinajstić information content (AvgIpc) is 3.11. The third kappa shape index (κ3) is 4.66. The molecule has 0 saturated carbocycles. The fourth-order valence-corrected chi connectivity index (χ4v) is 4.76. The zero-order valence-corrected chi connectivity index (χ0v) is 16.4. The predicted molar refractivity (Wildman–Crippen MR) is 110 cm³/mol. The maximum absolute atomic E-state index is 12.5. The number of anilines is 1. The van der Waals surface area contributed by atoms with Gasteiger partial charge in [-0.3, -0.25) is 4.79 Å². The number of carbonyl (C=O) groups excluding carboxylic acids is 1. The third-order valence-corrected chi connectivity index (χ3v) is 6.43. The molecule has 1 unspecified atom stereocenters. The van der Waals surface area contributed by atoms with Crippen LogP contribution in [0.1, 0.15) is 6.92 Å². The quantitative estimate of drug-likeness (QED) is 0.556. The summed E-state index contributed by atoms with van der Waals surface area (Å²) in [5.74, 6) is -0.0111. The number of para-hydroxylation sites is 1. The second kappa shape index (κ2) is 8.56. The van der Waals surface area contributed by atoms with Crippen molar-refractivity contribution in [2.45, 2.75) is 21.4 Å². The van der Waals surface area contributed by atoms with Crippen LogP contribution in [0.25, 0.3) is 11.3 Å². The number of nitrogens with zero attached hydrogens (tertiary/aromatic N) is 1. The Hall–Kier alpha value is -1.76. The van der Waals surface area contributed by atoms with Crippen LogP contribution in [0.15, 0.2) is 69.2 Å². The highest BCUT2D eigenvalue weighted by Crippen LogP contribution is 2.32. The molecule has 0 spiro atoms. The maximum Gasteiger partial charge on any atom is 0.237 e. The number of benzene rings is 2. The lowest BCUT2D eigenvalue weighted by Gasteiger charge is -2.12. The Labute approximate surface area is 160 Å². The monoisotopic (exact) mass is 386 g/mol. The molecule has 6 heteroatoms. The number of hydrogen-bond donors (Lipinski definition) is 1. The summed E-state index contributed by atoms with van der Waals surface area (Å²) in [6.07, 6.45) is 2.00. The molecule has 3 aromatic rings. The number of carbonyl (C=O) groups is 1. The Morgan fingerprint density at radius 3 is 2.60 bits per heavy atom. The van der Waals surface area contributed by atoms with Gasteiger partial charge in [0.15, 0.2) is 4.34 Å². The maximum atomic E-state index is 12.5. The summed E-state index contributed by atoms with van der Waals surface area (Å²) in [6, 6.07) is 17.9. The molecule has 0 saturated heterocycles. The zero-order valence-electron chi connectivity index (χ0n) is 13.9. The van der Waals surface area contributed by atoms with Crippen LogP contribution >= 0.6 is 34.9 Å². The van der Waals surface area contributed by atoms with E-state index < -0.39 is 0 Å². The van der Waals surface area contributed by atoms with Crippen molar-refractivity contribution < 1.29 is 4.79 Å². The Kier molecular flexibility index (Phi) is 6.18. The minimum absolute atomic E-state index is 0.0111. The smallest absolute Gasteiger partial charge is 0.237 e. The van der Waals surface area contributed by atoms with Gasteiger partial charge in [0, 0.05) is 15.8 Å². The van der Waals surface area contributed by atoms with E-state index in [4.69, 9.17) is 0 Å². The summed E-state index contributed by atoms with van der Waals surface area (Å²) in [5, 5.41) is 4.83. The van der Waals surface area contributed by atoms with Crippen LogP contribution in [0.5, 0.6) is 0 Å². The standard InChI is InChI=1S/C19H18N2OS3/c1-13(18(22)20-15-10-6-7-11-17(15)23-2)25-19-21-16(12-24-19)14-8-4-3-5-9-14/h3-13H,1-2H3,(H,20,22). The van der Waals surface area contributed by atoms with Crippen molar-refractivity contribution >= 4 is 46.5 Å². The molecule has 1 atom stereocenters. The van der Waals surface area contributed by atoms with Crippen molar-refractivity contribution in [1.82, 2.24) is 4.98 Å². The summed E-state index contributed by atoms with van der Waals surface area (Å²) in [7, 11) is 0. The highest BCUT2D eigenvalue weighted by atomic mass is 32.2. The largest absolute Gasteiger partial charge is 0.324 e. The topological polar surface area (TPSA) is 42.0 Å². The fraction of sp³-hybridized carbons (Fsp3) is 0.158. The number of rotatable bonds is 6. The van der Waals surface area contributed by atoms with Gasteiger partial charge in [-0.25, -0.2) is 4.98 Å². The SMILES string of the molecule is CSc1ccccc1NC(=O)C(C)Sc1nc(-c2ccccc2)cs1. The lowest BCUT2D eigenvalue weighted by Crippen LogP contribution is -2.22. The van der Waals surface area contributed by atoms with E-state index in [1.165, 1.54) is 11.8 Å². The van der Waals surface area contributed by atoms with E-state index in [0.29, 0.717) is 0 Å². The fourth-order valence-electron chi connectivity index (χ4n) is 2.24. The van der Waals surface area contributed by atoms with Gasteiger partial charge >= 0.3 is 0 Å². The summed E-state index contributed by atoms with van der Waals surface area (Å²) in [6.45, 7) is 1.91. The second-order valence-corrected chi connectivity index (χ2v) is 8.61. The van der Waals surface area contributed by atoms with Crippen LogP contribution in [-0.4, -0.2) is 22.4 Å². The number of thioether (sulfide) groups is 2. The Morgan fingerprint density at radius 1 is 1.12 bits per heavy atom. The molecular weight excluding hydrogens is 368 g/mol. The summed E-state index contributed by atoms with van der Waals surface area (Å²) in [4.78, 5) is 18.2. The molecule has 2 aromatic carbocycles. The van der Waals surface area contributed by atoms with E-state index in [-0.39, 0.29) is 11.2 Å². The van der Waals surface area contributed by atoms with Gasteiger partial charge in [0.25, 0.3) is 0 Å². The first-order valence-corrected chi connectivity index (χ1v) is 10.8. The van der Waals surface area contributed by atoms with Gasteiger partial charge in [-0.2, -0.15) is 0 Å². The predicted octanol–water partition coefficient (Wildman–Crippen LogP) is 5.65. The van der Waals surface area contributed by atoms with Gasteiger partial charge in [0.2, 0.25) is 5.91 Å². The number of aromatic nitrogens is 1. The molecule has 0 aliphatic carbocycles. The van der Waals surface area contributed by atoms with E-state index in [2.05, 4.69) is 10.3 Å². The lowest BCUT2D eigenvalue weighted by atomic mass is 10.2. The Balaban J connectivity index is 1.65. The number of hydrogen-bond acceptors (Lipinski definition) is 5. The first kappa shape index (κ1) is 18.0. The van der Waals surface area contributed by atoms with Crippen LogP contribution in [0.3, 0.4) is 0 Å². The average molecular weight is 387 g/mol. The van der Waals surface area contributed by atoms with Crippen molar-refractivity contribution in [3.05, 3.63) is 60.0 Å². The van der Waals surface area contributed by atoms with Crippen molar-refractivity contribution in [2.75, 3.05) is 11.6 Å². The van der Waals surface area contributed by atoms with Crippen LogP contribution in [0.4, 0.5) is 5.69 Å². The Bertz CT molecular complexity index is 849. The molecule has 0 bridgehead atoms. The van der Waals surface area contributed by atoms with E-state index in [1.54, 1.807) is 23.1 Å². The van der Waals surface area contributed by atoms with Gasteiger partial charge in [0.1, 0.15) is 0 Å². The summed E-state index contributed by atoms with van der Waals surface area (Å²) < 4.78 is 0.902. The normalized spacial score (nSPS) is 11.9. The molecular formula is C19H18N2OS3. The van der Waals surface area contributed by atoms with Crippen molar-refractivity contribution in [2.24, 2.45) is 0 Å².